The van der Waals surface area contributed by atoms with Crippen molar-refractivity contribution in [2.75, 3.05) is 5.32 Å². The molecule has 7 heteroatoms. The standard InChI is InChI=1S/C16H18ClN3O3/c1-9(2)14(16(22)18-13-8-10(3)23-20-13)19-15(21)11-4-6-12(17)7-5-11/h4-9,14H,1-3H3,(H,19,21)(H,18,20,22)/t14-/m0/s1. The molecule has 6 nitrogen and oxygen atoms in total. The van der Waals surface area contributed by atoms with Crippen molar-refractivity contribution < 1.29 is 14.1 Å². The van der Waals surface area contributed by atoms with Crippen LogP contribution in [0.15, 0.2) is 34.9 Å². The zero-order valence-corrected chi connectivity index (χ0v) is 13.8. The Bertz CT molecular complexity index is 695. The van der Waals surface area contributed by atoms with Crippen LogP contribution in [0.2, 0.25) is 5.02 Å². The van der Waals surface area contributed by atoms with Crippen molar-refractivity contribution >= 4 is 29.2 Å². The summed E-state index contributed by atoms with van der Waals surface area (Å²) in [7, 11) is 0. The third kappa shape index (κ3) is 4.56. The van der Waals surface area contributed by atoms with Crippen LogP contribution in [0.1, 0.15) is 30.0 Å². The maximum atomic E-state index is 12.4. The van der Waals surface area contributed by atoms with Gasteiger partial charge in [-0.25, -0.2) is 0 Å². The van der Waals surface area contributed by atoms with Crippen molar-refractivity contribution in [1.82, 2.24) is 10.5 Å². The van der Waals surface area contributed by atoms with Crippen molar-refractivity contribution in [3.8, 4) is 0 Å². The normalized spacial score (nSPS) is 12.0. The van der Waals surface area contributed by atoms with Gasteiger partial charge in [-0.05, 0) is 37.1 Å². The van der Waals surface area contributed by atoms with E-state index in [0.717, 1.165) is 0 Å². The summed E-state index contributed by atoms with van der Waals surface area (Å²) in [6.07, 6.45) is 0. The third-order valence-corrected chi connectivity index (χ3v) is 3.47. The molecule has 1 aromatic carbocycles. The molecule has 0 saturated carbocycles. The van der Waals surface area contributed by atoms with Gasteiger partial charge in [0.15, 0.2) is 5.82 Å². The van der Waals surface area contributed by atoms with E-state index in [1.54, 1.807) is 37.3 Å². The van der Waals surface area contributed by atoms with Crippen LogP contribution >= 0.6 is 11.6 Å². The number of halogens is 1. The number of benzene rings is 1. The predicted molar refractivity (Wildman–Crippen MR) is 87.4 cm³/mol. The number of carbonyl (C=O) groups excluding carboxylic acids is 2. The van der Waals surface area contributed by atoms with Gasteiger partial charge in [0, 0.05) is 16.7 Å². The molecule has 0 radical (unpaired) electrons. The molecule has 23 heavy (non-hydrogen) atoms. The fraction of sp³-hybridized carbons (Fsp3) is 0.312. The van der Waals surface area contributed by atoms with Gasteiger partial charge < -0.3 is 15.2 Å². The van der Waals surface area contributed by atoms with E-state index in [9.17, 15) is 9.59 Å². The van der Waals surface area contributed by atoms with Crippen molar-refractivity contribution in [2.45, 2.75) is 26.8 Å². The molecule has 2 rings (SSSR count). The van der Waals surface area contributed by atoms with Crippen molar-refractivity contribution in [1.29, 1.82) is 0 Å². The van der Waals surface area contributed by atoms with Gasteiger partial charge in [-0.2, -0.15) is 0 Å². The van der Waals surface area contributed by atoms with Gasteiger partial charge in [0.2, 0.25) is 5.91 Å². The van der Waals surface area contributed by atoms with Crippen LogP contribution in [0.5, 0.6) is 0 Å². The van der Waals surface area contributed by atoms with Crippen molar-refractivity contribution in [2.24, 2.45) is 5.92 Å². The maximum Gasteiger partial charge on any atom is 0.251 e. The van der Waals surface area contributed by atoms with Gasteiger partial charge in [-0.1, -0.05) is 30.6 Å². The van der Waals surface area contributed by atoms with Gasteiger partial charge in [0.05, 0.1) is 0 Å². The molecular formula is C16H18ClN3O3. The molecule has 1 atom stereocenters. The topological polar surface area (TPSA) is 84.2 Å². The fourth-order valence-corrected chi connectivity index (χ4v) is 2.12. The van der Waals surface area contributed by atoms with E-state index in [0.29, 0.717) is 22.2 Å². The van der Waals surface area contributed by atoms with Crippen LogP contribution in [0.3, 0.4) is 0 Å². The molecule has 0 unspecified atom stereocenters. The summed E-state index contributed by atoms with van der Waals surface area (Å²) >= 11 is 5.80. The van der Waals surface area contributed by atoms with Crippen LogP contribution < -0.4 is 10.6 Å². The van der Waals surface area contributed by atoms with E-state index >= 15 is 0 Å². The van der Waals surface area contributed by atoms with Crippen LogP contribution in [-0.4, -0.2) is 23.0 Å². The number of nitrogens with one attached hydrogen (secondary N) is 2. The Morgan fingerprint density at radius 3 is 2.39 bits per heavy atom. The number of aryl methyl sites for hydroxylation is 1. The van der Waals surface area contributed by atoms with Crippen LogP contribution in [0, 0.1) is 12.8 Å². The summed E-state index contributed by atoms with van der Waals surface area (Å²) in [4.78, 5) is 24.6. The highest BCUT2D eigenvalue weighted by molar-refractivity contribution is 6.30. The maximum absolute atomic E-state index is 12.4. The zero-order chi connectivity index (χ0) is 17.0. The SMILES string of the molecule is Cc1cc(NC(=O)[C@@H](NC(=O)c2ccc(Cl)cc2)C(C)C)no1. The summed E-state index contributed by atoms with van der Waals surface area (Å²) < 4.78 is 4.90. The molecule has 122 valence electrons. The Balaban J connectivity index is 2.07. The quantitative estimate of drug-likeness (QED) is 0.879. The molecule has 0 aliphatic heterocycles. The minimum Gasteiger partial charge on any atom is -0.360 e. The summed E-state index contributed by atoms with van der Waals surface area (Å²) in [5.41, 5.74) is 0.435. The lowest BCUT2D eigenvalue weighted by Gasteiger charge is -2.21. The number of hydrogen-bond donors (Lipinski definition) is 2. The largest absolute Gasteiger partial charge is 0.360 e. The molecule has 0 saturated heterocycles. The average molecular weight is 336 g/mol. The average Bonchev–Trinajstić information content (AvgIpc) is 2.89. The number of amides is 2. The lowest BCUT2D eigenvalue weighted by Crippen LogP contribution is -2.47. The van der Waals surface area contributed by atoms with Crippen molar-refractivity contribution in [3.05, 3.63) is 46.7 Å². The van der Waals surface area contributed by atoms with Crippen LogP contribution in [-0.2, 0) is 4.79 Å². The first-order valence-corrected chi connectivity index (χ1v) is 7.55. The Kier molecular flexibility index (Phi) is 5.39. The number of nitrogens with zero attached hydrogens (tertiary/aromatic N) is 1. The molecule has 0 spiro atoms. The highest BCUT2D eigenvalue weighted by Crippen LogP contribution is 2.12. The van der Waals surface area contributed by atoms with E-state index in [4.69, 9.17) is 16.1 Å². The number of aromatic nitrogens is 1. The Morgan fingerprint density at radius 1 is 1.22 bits per heavy atom. The summed E-state index contributed by atoms with van der Waals surface area (Å²) in [6, 6.07) is 7.37. The fourth-order valence-electron chi connectivity index (χ4n) is 1.99. The van der Waals surface area contributed by atoms with Gasteiger partial charge >= 0.3 is 0 Å². The molecule has 1 heterocycles. The van der Waals surface area contributed by atoms with E-state index < -0.39 is 6.04 Å². The molecule has 0 fully saturated rings. The highest BCUT2D eigenvalue weighted by atomic mass is 35.5. The molecule has 2 amide bonds. The number of rotatable bonds is 5. The van der Waals surface area contributed by atoms with Crippen molar-refractivity contribution in [3.63, 3.8) is 0 Å². The molecule has 2 N–H and O–H groups in total. The predicted octanol–water partition coefficient (Wildman–Crippen LogP) is 3.03. The van der Waals surface area contributed by atoms with E-state index in [2.05, 4.69) is 15.8 Å². The van der Waals surface area contributed by atoms with Gasteiger partial charge in [-0.3, -0.25) is 9.59 Å². The zero-order valence-electron chi connectivity index (χ0n) is 13.1. The van der Waals surface area contributed by atoms with Crippen LogP contribution in [0.25, 0.3) is 0 Å². The molecule has 0 aliphatic carbocycles. The van der Waals surface area contributed by atoms with Gasteiger partial charge in [0.1, 0.15) is 11.8 Å². The highest BCUT2D eigenvalue weighted by Gasteiger charge is 2.25. The number of hydrogen-bond acceptors (Lipinski definition) is 4. The molecule has 0 aliphatic rings. The smallest absolute Gasteiger partial charge is 0.251 e. The lowest BCUT2D eigenvalue weighted by molar-refractivity contribution is -0.118. The Morgan fingerprint density at radius 2 is 1.87 bits per heavy atom. The molecule has 1 aromatic heterocycles. The first-order valence-electron chi connectivity index (χ1n) is 7.17. The van der Waals surface area contributed by atoms with E-state index in [1.165, 1.54) is 0 Å². The second-order valence-corrected chi connectivity index (χ2v) is 5.95. The van der Waals surface area contributed by atoms with E-state index in [-0.39, 0.29) is 17.7 Å². The monoisotopic (exact) mass is 335 g/mol. The van der Waals surface area contributed by atoms with Gasteiger partial charge in [0.25, 0.3) is 5.91 Å². The lowest BCUT2D eigenvalue weighted by atomic mass is 10.0. The first-order chi connectivity index (χ1) is 10.9. The van der Waals surface area contributed by atoms with Crippen LogP contribution in [0.4, 0.5) is 5.82 Å². The van der Waals surface area contributed by atoms with Gasteiger partial charge in [-0.15, -0.1) is 0 Å². The molecular weight excluding hydrogens is 318 g/mol. The molecule has 0 bridgehead atoms. The Hall–Kier alpha value is -2.34. The minimum atomic E-state index is -0.699. The second-order valence-electron chi connectivity index (χ2n) is 5.51. The number of carbonyl (C=O) groups is 2. The third-order valence-electron chi connectivity index (χ3n) is 3.22. The molecule has 2 aromatic rings. The summed E-state index contributed by atoms with van der Waals surface area (Å²) in [6.45, 7) is 5.42. The minimum absolute atomic E-state index is 0.0979. The number of anilines is 1. The first kappa shape index (κ1) is 17.0. The summed E-state index contributed by atoms with van der Waals surface area (Å²) in [5, 5.41) is 9.61. The Labute approximate surface area is 139 Å². The second kappa shape index (κ2) is 7.28. The summed E-state index contributed by atoms with van der Waals surface area (Å²) in [5.74, 6) is 0.118. The van der Waals surface area contributed by atoms with E-state index in [1.807, 2.05) is 13.8 Å².